The normalized spacial score (nSPS) is 10.8. The van der Waals surface area contributed by atoms with E-state index in [1.54, 1.807) is 4.68 Å². The van der Waals surface area contributed by atoms with E-state index in [2.05, 4.69) is 10.1 Å². The summed E-state index contributed by atoms with van der Waals surface area (Å²) in [6.07, 6.45) is 1.83. The van der Waals surface area contributed by atoms with Gasteiger partial charge in [-0.1, -0.05) is 54.6 Å². The topological polar surface area (TPSA) is 65.4 Å². The summed E-state index contributed by atoms with van der Waals surface area (Å²) in [6, 6.07) is 23.6. The third-order valence-corrected chi connectivity index (χ3v) is 4.95. The predicted molar refractivity (Wildman–Crippen MR) is 120 cm³/mol. The van der Waals surface area contributed by atoms with Crippen molar-refractivity contribution in [2.45, 2.75) is 13.2 Å². The minimum absolute atomic E-state index is 0.0461. The maximum Gasteiger partial charge on any atom is 0.387 e. The average molecular weight is 449 g/mol. The van der Waals surface area contributed by atoms with Gasteiger partial charge in [-0.2, -0.15) is 13.9 Å². The van der Waals surface area contributed by atoms with E-state index in [9.17, 15) is 13.6 Å². The average Bonchev–Trinajstić information content (AvgIpc) is 3.28. The molecular weight excluding hydrogens is 428 g/mol. The van der Waals surface area contributed by atoms with Crippen LogP contribution in [-0.2, 0) is 6.54 Å². The van der Waals surface area contributed by atoms with Crippen molar-refractivity contribution < 1.29 is 23.0 Å². The summed E-state index contributed by atoms with van der Waals surface area (Å²) in [5.41, 5.74) is 3.17. The predicted octanol–water partition coefficient (Wildman–Crippen LogP) is 5.08. The van der Waals surface area contributed by atoms with Crippen LogP contribution in [0.15, 0.2) is 85.1 Å². The third-order valence-electron chi connectivity index (χ3n) is 4.95. The minimum Gasteiger partial charge on any atom is -0.493 e. The summed E-state index contributed by atoms with van der Waals surface area (Å²) >= 11 is 0. The van der Waals surface area contributed by atoms with Gasteiger partial charge in [0.1, 0.15) is 0 Å². The van der Waals surface area contributed by atoms with Crippen molar-refractivity contribution >= 4 is 5.91 Å². The van der Waals surface area contributed by atoms with Gasteiger partial charge in [0.05, 0.1) is 24.1 Å². The quantitative estimate of drug-likeness (QED) is 0.408. The van der Waals surface area contributed by atoms with E-state index in [-0.39, 0.29) is 23.6 Å². The number of hydrogen-bond donors (Lipinski definition) is 1. The van der Waals surface area contributed by atoms with Gasteiger partial charge in [-0.05, 0) is 24.3 Å². The monoisotopic (exact) mass is 449 g/mol. The zero-order chi connectivity index (χ0) is 23.2. The molecule has 0 aliphatic rings. The Morgan fingerprint density at radius 3 is 2.36 bits per heavy atom. The highest BCUT2D eigenvalue weighted by Gasteiger charge is 2.21. The summed E-state index contributed by atoms with van der Waals surface area (Å²) in [5, 5.41) is 7.49. The molecule has 0 unspecified atom stereocenters. The van der Waals surface area contributed by atoms with Crippen LogP contribution in [0.3, 0.4) is 0 Å². The summed E-state index contributed by atoms with van der Waals surface area (Å²) < 4.78 is 37.2. The van der Waals surface area contributed by atoms with Gasteiger partial charge in [-0.3, -0.25) is 4.79 Å². The molecule has 0 bridgehead atoms. The van der Waals surface area contributed by atoms with E-state index in [0.717, 1.165) is 16.8 Å². The third kappa shape index (κ3) is 5.01. The van der Waals surface area contributed by atoms with Crippen LogP contribution in [0.25, 0.3) is 16.9 Å². The van der Waals surface area contributed by atoms with E-state index in [1.165, 1.54) is 25.3 Å². The molecule has 168 valence electrons. The van der Waals surface area contributed by atoms with Crippen molar-refractivity contribution in [1.29, 1.82) is 0 Å². The summed E-state index contributed by atoms with van der Waals surface area (Å²) in [7, 11) is 1.32. The lowest BCUT2D eigenvalue weighted by Crippen LogP contribution is -2.24. The fourth-order valence-corrected chi connectivity index (χ4v) is 3.43. The molecule has 33 heavy (non-hydrogen) atoms. The zero-order valence-electron chi connectivity index (χ0n) is 17.7. The summed E-state index contributed by atoms with van der Waals surface area (Å²) in [4.78, 5) is 12.9. The van der Waals surface area contributed by atoms with Crippen LogP contribution in [-0.4, -0.2) is 29.4 Å². The molecule has 0 radical (unpaired) electrons. The van der Waals surface area contributed by atoms with Gasteiger partial charge in [-0.15, -0.1) is 0 Å². The lowest BCUT2D eigenvalue weighted by Gasteiger charge is -2.14. The van der Waals surface area contributed by atoms with Gasteiger partial charge < -0.3 is 14.8 Å². The van der Waals surface area contributed by atoms with Crippen LogP contribution < -0.4 is 14.8 Å². The van der Waals surface area contributed by atoms with E-state index in [0.29, 0.717) is 5.69 Å². The molecule has 3 aromatic carbocycles. The second kappa shape index (κ2) is 9.95. The number of para-hydroxylation sites is 2. The molecule has 1 amide bonds. The number of rotatable bonds is 8. The smallest absolute Gasteiger partial charge is 0.387 e. The van der Waals surface area contributed by atoms with Crippen molar-refractivity contribution in [3.05, 3.63) is 96.2 Å². The van der Waals surface area contributed by atoms with Gasteiger partial charge in [0.25, 0.3) is 5.91 Å². The Balaban J connectivity index is 1.63. The number of methoxy groups -OCH3 is 1. The number of aromatic nitrogens is 2. The first-order valence-electron chi connectivity index (χ1n) is 10.2. The maximum absolute atomic E-state index is 12.9. The Morgan fingerprint density at radius 1 is 1.00 bits per heavy atom. The van der Waals surface area contributed by atoms with Crippen molar-refractivity contribution in [2.75, 3.05) is 7.11 Å². The molecule has 0 aliphatic carbocycles. The number of hydrogen-bond acceptors (Lipinski definition) is 4. The highest BCUT2D eigenvalue weighted by atomic mass is 19.3. The lowest BCUT2D eigenvalue weighted by molar-refractivity contribution is -0.0515. The standard InChI is InChI=1S/C25H21F2N3O3/c1-32-21-14-8-13-20(23(21)33-25(26)27)24(31)28-15-18-16-30(19-11-6-3-7-12-19)29-22(18)17-9-4-2-5-10-17/h2-14,16,25H,15H2,1H3,(H,28,31). The molecule has 0 spiro atoms. The SMILES string of the molecule is COc1cccc(C(=O)NCc2cn(-c3ccccc3)nc2-c2ccccc2)c1OC(F)F. The number of ether oxygens (including phenoxy) is 2. The maximum atomic E-state index is 12.9. The number of benzene rings is 3. The van der Waals surface area contributed by atoms with Gasteiger partial charge in [0.15, 0.2) is 11.5 Å². The summed E-state index contributed by atoms with van der Waals surface area (Å²) in [5.74, 6) is -0.836. The highest BCUT2D eigenvalue weighted by molar-refractivity contribution is 5.97. The molecule has 0 fully saturated rings. The van der Waals surface area contributed by atoms with Crippen LogP contribution in [0.5, 0.6) is 11.5 Å². The van der Waals surface area contributed by atoms with Gasteiger partial charge in [-0.25, -0.2) is 4.68 Å². The van der Waals surface area contributed by atoms with Crippen molar-refractivity contribution in [1.82, 2.24) is 15.1 Å². The Kier molecular flexibility index (Phi) is 6.64. The van der Waals surface area contributed by atoms with Crippen LogP contribution >= 0.6 is 0 Å². The largest absolute Gasteiger partial charge is 0.493 e. The van der Waals surface area contributed by atoms with Gasteiger partial charge in [0.2, 0.25) is 0 Å². The highest BCUT2D eigenvalue weighted by Crippen LogP contribution is 2.32. The Bertz CT molecular complexity index is 1230. The molecule has 1 N–H and O–H groups in total. The van der Waals surface area contributed by atoms with Crippen LogP contribution in [0, 0.1) is 0 Å². The van der Waals surface area contributed by atoms with E-state index in [1.807, 2.05) is 66.9 Å². The first kappa shape index (κ1) is 22.0. The molecule has 8 heteroatoms. The Morgan fingerprint density at radius 2 is 1.70 bits per heavy atom. The first-order valence-corrected chi connectivity index (χ1v) is 10.2. The molecule has 1 heterocycles. The molecular formula is C25H21F2N3O3. The van der Waals surface area contributed by atoms with E-state index < -0.39 is 12.5 Å². The van der Waals surface area contributed by atoms with Crippen LogP contribution in [0.2, 0.25) is 0 Å². The number of halogens is 2. The molecule has 0 saturated heterocycles. The van der Waals surface area contributed by atoms with Crippen molar-refractivity contribution in [3.63, 3.8) is 0 Å². The number of carbonyl (C=O) groups is 1. The zero-order valence-corrected chi connectivity index (χ0v) is 17.7. The van der Waals surface area contributed by atoms with E-state index >= 15 is 0 Å². The number of alkyl halides is 2. The molecule has 0 saturated carbocycles. The molecule has 1 aromatic heterocycles. The first-order chi connectivity index (χ1) is 16.1. The van der Waals surface area contributed by atoms with E-state index in [4.69, 9.17) is 9.84 Å². The van der Waals surface area contributed by atoms with Gasteiger partial charge in [0, 0.05) is 23.9 Å². The van der Waals surface area contributed by atoms with Crippen molar-refractivity contribution in [3.8, 4) is 28.4 Å². The molecule has 6 nitrogen and oxygen atoms in total. The fourth-order valence-electron chi connectivity index (χ4n) is 3.43. The van der Waals surface area contributed by atoms with Crippen molar-refractivity contribution in [2.24, 2.45) is 0 Å². The number of nitrogens with one attached hydrogen (secondary N) is 1. The number of nitrogens with zero attached hydrogens (tertiary/aromatic N) is 2. The second-order valence-electron chi connectivity index (χ2n) is 7.05. The number of amides is 1. The molecule has 0 aliphatic heterocycles. The Hall–Kier alpha value is -4.20. The lowest BCUT2D eigenvalue weighted by atomic mass is 10.1. The minimum atomic E-state index is -3.10. The molecule has 4 aromatic rings. The van der Waals surface area contributed by atoms with Gasteiger partial charge >= 0.3 is 6.61 Å². The Labute approximate surface area is 189 Å². The van der Waals surface area contributed by atoms with Crippen LogP contribution in [0.1, 0.15) is 15.9 Å². The number of carbonyl (C=O) groups excluding carboxylic acids is 1. The molecule has 4 rings (SSSR count). The molecule has 0 atom stereocenters. The second-order valence-corrected chi connectivity index (χ2v) is 7.05. The fraction of sp³-hybridized carbons (Fsp3) is 0.120. The van der Waals surface area contributed by atoms with Crippen LogP contribution in [0.4, 0.5) is 8.78 Å². The summed E-state index contributed by atoms with van der Waals surface area (Å²) in [6.45, 7) is -2.97.